The topological polar surface area (TPSA) is 80.3 Å². The van der Waals surface area contributed by atoms with Crippen LogP contribution in [0.5, 0.6) is 0 Å². The van der Waals surface area contributed by atoms with Crippen molar-refractivity contribution in [3.05, 3.63) is 24.3 Å². The van der Waals surface area contributed by atoms with Crippen LogP contribution in [0.3, 0.4) is 0 Å². The van der Waals surface area contributed by atoms with E-state index in [0.29, 0.717) is 12.5 Å². The van der Waals surface area contributed by atoms with Gasteiger partial charge in [0.2, 0.25) is 0 Å². The molecule has 0 heterocycles. The number of rotatable bonds is 10. The Hall–Kier alpha value is -1.48. The molecule has 0 aromatic carbocycles. The largest absolute Gasteiger partial charge is 0.505 e. The molecule has 0 aliphatic heterocycles. The van der Waals surface area contributed by atoms with Gasteiger partial charge in [-0.05, 0) is 13.8 Å². The molecule has 0 N–H and O–H groups in total. The quantitative estimate of drug-likeness (QED) is 0.262. The fraction of sp³-hybridized carbons (Fsp3) is 0.571. The molecule has 22 heavy (non-hydrogen) atoms. The van der Waals surface area contributed by atoms with E-state index >= 15 is 0 Å². The lowest BCUT2D eigenvalue weighted by atomic mass is 10.4. The van der Waals surface area contributed by atoms with Crippen LogP contribution in [0.25, 0.3) is 0 Å². The molecule has 0 aliphatic carbocycles. The van der Waals surface area contributed by atoms with E-state index < -0.39 is 27.2 Å². The van der Waals surface area contributed by atoms with Gasteiger partial charge in [-0.2, -0.15) is 0 Å². The van der Waals surface area contributed by atoms with Crippen molar-refractivity contribution in [2.45, 2.75) is 39.7 Å². The van der Waals surface area contributed by atoms with Crippen LogP contribution in [0.2, 0.25) is 6.04 Å². The molecule has 0 fully saturated rings. The normalized spacial score (nSPS) is 11.2. The van der Waals surface area contributed by atoms with Gasteiger partial charge in [-0.3, -0.25) is 0 Å². The fourth-order valence-corrected chi connectivity index (χ4v) is 3.23. The molecule has 0 saturated heterocycles. The highest BCUT2D eigenvalue weighted by molar-refractivity contribution is 6.60. The van der Waals surface area contributed by atoms with Crippen molar-refractivity contribution in [1.82, 2.24) is 0 Å². The standard InChI is InChI=1S/C14H24O7Si/c1-8-9-22(17-6,18-7)21-14(19-12(15)10(2)3)20-13(16)11(4)5/h14H,2,4,8-9H2,1,3,5-7H3. The molecule has 0 atom stereocenters. The average molecular weight is 332 g/mol. The maximum Gasteiger partial charge on any atom is 0.505 e. The summed E-state index contributed by atoms with van der Waals surface area (Å²) < 4.78 is 26.1. The van der Waals surface area contributed by atoms with E-state index in [1.807, 2.05) is 6.92 Å². The number of hydrogen-bond acceptors (Lipinski definition) is 7. The van der Waals surface area contributed by atoms with Gasteiger partial charge in [0.25, 0.3) is 0 Å². The van der Waals surface area contributed by atoms with Gasteiger partial charge in [0.1, 0.15) is 0 Å². The van der Waals surface area contributed by atoms with E-state index in [9.17, 15) is 9.59 Å². The summed E-state index contributed by atoms with van der Waals surface area (Å²) in [5.74, 6) is -1.52. The Kier molecular flexibility index (Phi) is 8.88. The monoisotopic (exact) mass is 332 g/mol. The predicted octanol–water partition coefficient (Wildman–Crippen LogP) is 2.17. The Morgan fingerprint density at radius 3 is 1.68 bits per heavy atom. The molecule has 0 rings (SSSR count). The van der Waals surface area contributed by atoms with Crippen LogP contribution in [-0.4, -0.2) is 41.4 Å². The maximum atomic E-state index is 11.6. The Labute approximate surface area is 132 Å². The Bertz CT molecular complexity index is 401. The number of carbonyl (C=O) groups is 2. The van der Waals surface area contributed by atoms with E-state index in [-0.39, 0.29) is 11.1 Å². The first-order valence-corrected chi connectivity index (χ1v) is 8.65. The molecule has 0 radical (unpaired) electrons. The first kappa shape index (κ1) is 20.5. The van der Waals surface area contributed by atoms with Crippen molar-refractivity contribution in [2.75, 3.05) is 14.2 Å². The van der Waals surface area contributed by atoms with Gasteiger partial charge < -0.3 is 22.8 Å². The second-order valence-electron chi connectivity index (χ2n) is 4.62. The smallest absolute Gasteiger partial charge is 0.397 e. The molecule has 0 aromatic rings. The van der Waals surface area contributed by atoms with E-state index in [1.165, 1.54) is 28.1 Å². The minimum Gasteiger partial charge on any atom is -0.397 e. The zero-order chi connectivity index (χ0) is 17.3. The lowest BCUT2D eigenvalue weighted by molar-refractivity contribution is -0.243. The van der Waals surface area contributed by atoms with Gasteiger partial charge in [0.05, 0.1) is 0 Å². The van der Waals surface area contributed by atoms with Gasteiger partial charge in [0.15, 0.2) is 0 Å². The highest BCUT2D eigenvalue weighted by atomic mass is 28.4. The first-order valence-electron chi connectivity index (χ1n) is 6.72. The van der Waals surface area contributed by atoms with E-state index in [2.05, 4.69) is 13.2 Å². The van der Waals surface area contributed by atoms with Crippen LogP contribution in [0, 0.1) is 0 Å². The first-order chi connectivity index (χ1) is 10.2. The molecule has 0 saturated carbocycles. The Balaban J connectivity index is 5.19. The van der Waals surface area contributed by atoms with Crippen molar-refractivity contribution in [1.29, 1.82) is 0 Å². The van der Waals surface area contributed by atoms with Crippen molar-refractivity contribution < 1.29 is 32.3 Å². The van der Waals surface area contributed by atoms with Gasteiger partial charge in [-0.25, -0.2) is 9.59 Å². The molecule has 0 bridgehead atoms. The highest BCUT2D eigenvalue weighted by Crippen LogP contribution is 2.20. The SMILES string of the molecule is C=C(C)C(=O)OC(OC(=O)C(=C)C)O[Si](CCC)(OC)OC. The van der Waals surface area contributed by atoms with Gasteiger partial charge in [-0.15, -0.1) is 0 Å². The third kappa shape index (κ3) is 6.52. The van der Waals surface area contributed by atoms with Crippen molar-refractivity contribution in [3.8, 4) is 0 Å². The summed E-state index contributed by atoms with van der Waals surface area (Å²) >= 11 is 0. The molecule has 0 aliphatic rings. The lowest BCUT2D eigenvalue weighted by Gasteiger charge is -2.29. The van der Waals surface area contributed by atoms with E-state index in [4.69, 9.17) is 22.8 Å². The number of ether oxygens (including phenoxy) is 2. The third-order valence-corrected chi connectivity index (χ3v) is 5.47. The summed E-state index contributed by atoms with van der Waals surface area (Å²) in [6.07, 6.45) is 0.712. The molecule has 7 nitrogen and oxygen atoms in total. The molecule has 0 aromatic heterocycles. The minimum absolute atomic E-state index is 0.137. The van der Waals surface area contributed by atoms with E-state index in [0.717, 1.165) is 0 Å². The summed E-state index contributed by atoms with van der Waals surface area (Å²) in [5, 5.41) is 0. The Morgan fingerprint density at radius 1 is 1.00 bits per heavy atom. The minimum atomic E-state index is -3.12. The van der Waals surface area contributed by atoms with Crippen molar-refractivity contribution in [3.63, 3.8) is 0 Å². The summed E-state index contributed by atoms with van der Waals surface area (Å²) in [6.45, 7) is 10.2. The zero-order valence-electron chi connectivity index (χ0n) is 13.8. The summed E-state index contributed by atoms with van der Waals surface area (Å²) in [4.78, 5) is 23.3. The Morgan fingerprint density at radius 2 is 1.41 bits per heavy atom. The number of esters is 2. The molecule has 0 unspecified atom stereocenters. The average Bonchev–Trinajstić information content (AvgIpc) is 2.46. The van der Waals surface area contributed by atoms with Gasteiger partial charge >= 0.3 is 27.2 Å². The summed E-state index contributed by atoms with van der Waals surface area (Å²) in [6, 6.07) is 0.464. The predicted molar refractivity (Wildman–Crippen MR) is 81.6 cm³/mol. The third-order valence-electron chi connectivity index (χ3n) is 2.56. The van der Waals surface area contributed by atoms with Crippen LogP contribution < -0.4 is 0 Å². The maximum absolute atomic E-state index is 11.6. The van der Waals surface area contributed by atoms with Gasteiger partial charge in [-0.1, -0.05) is 26.5 Å². The van der Waals surface area contributed by atoms with Crippen LogP contribution in [0.15, 0.2) is 24.3 Å². The second kappa shape index (κ2) is 9.52. The van der Waals surface area contributed by atoms with Crippen LogP contribution in [0.4, 0.5) is 0 Å². The lowest BCUT2D eigenvalue weighted by Crippen LogP contribution is -2.48. The van der Waals surface area contributed by atoms with Crippen LogP contribution in [0.1, 0.15) is 27.2 Å². The zero-order valence-corrected chi connectivity index (χ0v) is 14.8. The van der Waals surface area contributed by atoms with E-state index in [1.54, 1.807) is 0 Å². The van der Waals surface area contributed by atoms with Crippen molar-refractivity contribution >= 4 is 20.7 Å². The summed E-state index contributed by atoms with van der Waals surface area (Å²) in [7, 11) is -0.283. The molecule has 0 spiro atoms. The van der Waals surface area contributed by atoms with Crippen LogP contribution >= 0.6 is 0 Å². The summed E-state index contributed by atoms with van der Waals surface area (Å²) in [5.41, 5.74) is 0.273. The fourth-order valence-electron chi connectivity index (χ4n) is 1.34. The molecular formula is C14H24O7Si. The molecular weight excluding hydrogens is 308 g/mol. The number of carbonyl (C=O) groups excluding carboxylic acids is 2. The van der Waals surface area contributed by atoms with Gasteiger partial charge in [0, 0.05) is 31.4 Å². The second-order valence-corrected chi connectivity index (χ2v) is 7.54. The molecule has 0 amide bonds. The highest BCUT2D eigenvalue weighted by Gasteiger charge is 2.43. The molecule has 126 valence electrons. The number of hydrogen-bond donors (Lipinski definition) is 0. The molecule has 8 heteroatoms. The van der Waals surface area contributed by atoms with Crippen LogP contribution in [-0.2, 0) is 32.3 Å². The van der Waals surface area contributed by atoms with Crippen molar-refractivity contribution in [2.24, 2.45) is 0 Å².